The monoisotopic (exact) mass is 282 g/mol. The second kappa shape index (κ2) is 6.90. The largest absolute Gasteiger partial charge is 0.388 e. The number of hydrogen-bond acceptors (Lipinski definition) is 3. The van der Waals surface area contributed by atoms with E-state index in [4.69, 9.17) is 0 Å². The molecule has 0 aromatic heterocycles. The summed E-state index contributed by atoms with van der Waals surface area (Å²) in [5, 5.41) is 16.6. The molecule has 4 atom stereocenters. The molecule has 0 spiro atoms. The third-order valence-corrected chi connectivity index (χ3v) is 4.90. The van der Waals surface area contributed by atoms with E-state index in [9.17, 15) is 9.90 Å². The fourth-order valence-electron chi connectivity index (χ4n) is 3.73. The van der Waals surface area contributed by atoms with Crippen LogP contribution in [0, 0.1) is 5.92 Å². The Bertz CT molecular complexity index is 330. The lowest BCUT2D eigenvalue weighted by Gasteiger charge is -2.40. The van der Waals surface area contributed by atoms with Crippen LogP contribution in [0.15, 0.2) is 0 Å². The Hall–Kier alpha value is -0.610. The van der Waals surface area contributed by atoms with Gasteiger partial charge in [-0.15, -0.1) is 0 Å². The predicted octanol–water partition coefficient (Wildman–Crippen LogP) is 1.96. The maximum Gasteiger partial charge on any atom is 0.237 e. The van der Waals surface area contributed by atoms with E-state index < -0.39 is 5.60 Å². The third kappa shape index (κ3) is 4.19. The number of fused-ring (bicyclic) bond motifs is 1. The van der Waals surface area contributed by atoms with Gasteiger partial charge in [-0.25, -0.2) is 0 Å². The molecule has 1 aliphatic heterocycles. The number of hydrogen-bond donors (Lipinski definition) is 3. The lowest BCUT2D eigenvalue weighted by Crippen LogP contribution is -2.56. The van der Waals surface area contributed by atoms with Crippen LogP contribution in [0.5, 0.6) is 0 Å². The topological polar surface area (TPSA) is 61.4 Å². The molecule has 0 aromatic carbocycles. The van der Waals surface area contributed by atoms with E-state index in [0.29, 0.717) is 12.6 Å². The quantitative estimate of drug-likeness (QED) is 0.722. The predicted molar refractivity (Wildman–Crippen MR) is 80.4 cm³/mol. The molecule has 3 N–H and O–H groups in total. The van der Waals surface area contributed by atoms with E-state index in [0.717, 1.165) is 25.2 Å². The van der Waals surface area contributed by atoms with Crippen LogP contribution in [0.25, 0.3) is 0 Å². The summed E-state index contributed by atoms with van der Waals surface area (Å²) in [5.74, 6) is 0.835. The number of aliphatic hydroxyl groups is 1. The minimum Gasteiger partial charge on any atom is -0.388 e. The van der Waals surface area contributed by atoms with Crippen LogP contribution in [0.3, 0.4) is 0 Å². The molecule has 4 unspecified atom stereocenters. The summed E-state index contributed by atoms with van der Waals surface area (Å²) in [6, 6.07) is 0.469. The van der Waals surface area contributed by atoms with Crippen LogP contribution in [0.2, 0.25) is 0 Å². The first-order valence-corrected chi connectivity index (χ1v) is 8.28. The van der Waals surface area contributed by atoms with E-state index in [1.165, 1.54) is 32.1 Å². The van der Waals surface area contributed by atoms with Gasteiger partial charge in [0.25, 0.3) is 0 Å². The molecule has 0 radical (unpaired) electrons. The van der Waals surface area contributed by atoms with Gasteiger partial charge in [-0.05, 0) is 44.9 Å². The fourth-order valence-corrected chi connectivity index (χ4v) is 3.73. The standard InChI is InChI=1S/C16H30N2O2/c1-3-10-16(2,20)11-17-15(19)14-9-8-12-6-4-5-7-13(12)18-14/h12-14,18,20H,3-11H2,1-2H3,(H,17,19). The van der Waals surface area contributed by atoms with Gasteiger partial charge in [0, 0.05) is 12.6 Å². The molecule has 0 bridgehead atoms. The average molecular weight is 282 g/mol. The third-order valence-electron chi connectivity index (χ3n) is 4.90. The van der Waals surface area contributed by atoms with Crippen molar-refractivity contribution in [2.24, 2.45) is 5.92 Å². The van der Waals surface area contributed by atoms with Crippen molar-refractivity contribution in [3.63, 3.8) is 0 Å². The zero-order chi connectivity index (χ0) is 14.6. The molecule has 4 heteroatoms. The lowest BCUT2D eigenvalue weighted by atomic mass is 9.77. The van der Waals surface area contributed by atoms with Gasteiger partial charge in [-0.2, -0.15) is 0 Å². The van der Waals surface area contributed by atoms with Gasteiger partial charge in [0.15, 0.2) is 0 Å². The van der Waals surface area contributed by atoms with Gasteiger partial charge < -0.3 is 15.7 Å². The Morgan fingerprint density at radius 2 is 2.05 bits per heavy atom. The Labute approximate surface area is 122 Å². The lowest BCUT2D eigenvalue weighted by molar-refractivity contribution is -0.125. The van der Waals surface area contributed by atoms with Crippen molar-refractivity contribution in [2.45, 2.75) is 82.9 Å². The van der Waals surface area contributed by atoms with Gasteiger partial charge in [0.2, 0.25) is 5.91 Å². The van der Waals surface area contributed by atoms with Crippen molar-refractivity contribution >= 4 is 5.91 Å². The number of amides is 1. The van der Waals surface area contributed by atoms with Gasteiger partial charge in [0.1, 0.15) is 0 Å². The zero-order valence-corrected chi connectivity index (χ0v) is 13.0. The van der Waals surface area contributed by atoms with Gasteiger partial charge >= 0.3 is 0 Å². The summed E-state index contributed by atoms with van der Waals surface area (Å²) < 4.78 is 0. The molecule has 4 nitrogen and oxygen atoms in total. The molecular formula is C16H30N2O2. The van der Waals surface area contributed by atoms with E-state index in [1.807, 2.05) is 6.92 Å². The molecule has 1 heterocycles. The van der Waals surface area contributed by atoms with Crippen LogP contribution in [0.1, 0.15) is 65.2 Å². The molecule has 1 saturated heterocycles. The zero-order valence-electron chi connectivity index (χ0n) is 13.0. The number of carbonyl (C=O) groups excluding carboxylic acids is 1. The molecule has 2 aliphatic rings. The highest BCUT2D eigenvalue weighted by Crippen LogP contribution is 2.32. The SMILES string of the molecule is CCCC(C)(O)CNC(=O)C1CCC2CCCCC2N1. The summed E-state index contributed by atoms with van der Waals surface area (Å²) in [5.41, 5.74) is -0.785. The second-order valence-electron chi connectivity index (χ2n) is 6.91. The average Bonchev–Trinajstić information content (AvgIpc) is 2.44. The van der Waals surface area contributed by atoms with Crippen LogP contribution in [-0.4, -0.2) is 35.2 Å². The van der Waals surface area contributed by atoms with Crippen molar-refractivity contribution in [3.8, 4) is 0 Å². The molecule has 1 saturated carbocycles. The van der Waals surface area contributed by atoms with Crippen LogP contribution < -0.4 is 10.6 Å². The number of piperidine rings is 1. The minimum absolute atomic E-state index is 0.0606. The van der Waals surface area contributed by atoms with E-state index in [1.54, 1.807) is 6.92 Å². The van der Waals surface area contributed by atoms with Crippen LogP contribution in [-0.2, 0) is 4.79 Å². The van der Waals surface area contributed by atoms with Crippen LogP contribution in [0.4, 0.5) is 0 Å². The van der Waals surface area contributed by atoms with Gasteiger partial charge in [0.05, 0.1) is 11.6 Å². The van der Waals surface area contributed by atoms with E-state index in [-0.39, 0.29) is 11.9 Å². The van der Waals surface area contributed by atoms with Gasteiger partial charge in [-0.1, -0.05) is 26.2 Å². The fraction of sp³-hybridized carbons (Fsp3) is 0.938. The van der Waals surface area contributed by atoms with Crippen molar-refractivity contribution in [1.82, 2.24) is 10.6 Å². The molecule has 116 valence electrons. The molecule has 1 amide bonds. The highest BCUT2D eigenvalue weighted by molar-refractivity contribution is 5.81. The van der Waals surface area contributed by atoms with Crippen molar-refractivity contribution < 1.29 is 9.90 Å². The van der Waals surface area contributed by atoms with Crippen molar-refractivity contribution in [1.29, 1.82) is 0 Å². The first-order chi connectivity index (χ1) is 9.52. The normalized spacial score (nSPS) is 33.0. The number of rotatable bonds is 5. The molecule has 1 aliphatic carbocycles. The van der Waals surface area contributed by atoms with Crippen molar-refractivity contribution in [3.05, 3.63) is 0 Å². The molecular weight excluding hydrogens is 252 g/mol. The first-order valence-electron chi connectivity index (χ1n) is 8.28. The minimum atomic E-state index is -0.785. The Morgan fingerprint density at radius 1 is 1.30 bits per heavy atom. The van der Waals surface area contributed by atoms with Gasteiger partial charge in [-0.3, -0.25) is 4.79 Å². The highest BCUT2D eigenvalue weighted by Gasteiger charge is 2.34. The first kappa shape index (κ1) is 15.8. The maximum atomic E-state index is 12.2. The number of nitrogens with one attached hydrogen (secondary N) is 2. The Kier molecular flexibility index (Phi) is 5.44. The molecule has 2 rings (SSSR count). The second-order valence-corrected chi connectivity index (χ2v) is 6.91. The summed E-state index contributed by atoms with van der Waals surface area (Å²) in [6.07, 6.45) is 8.90. The summed E-state index contributed by atoms with van der Waals surface area (Å²) >= 11 is 0. The van der Waals surface area contributed by atoms with Crippen LogP contribution >= 0.6 is 0 Å². The number of carbonyl (C=O) groups is 1. The summed E-state index contributed by atoms with van der Waals surface area (Å²) in [4.78, 5) is 12.2. The smallest absolute Gasteiger partial charge is 0.237 e. The summed E-state index contributed by atoms with van der Waals surface area (Å²) in [7, 11) is 0. The molecule has 20 heavy (non-hydrogen) atoms. The molecule has 2 fully saturated rings. The Balaban J connectivity index is 1.78. The maximum absolute atomic E-state index is 12.2. The molecule has 0 aromatic rings. The Morgan fingerprint density at radius 3 is 2.80 bits per heavy atom. The van der Waals surface area contributed by atoms with Crippen molar-refractivity contribution in [2.75, 3.05) is 6.54 Å². The van der Waals surface area contributed by atoms with E-state index >= 15 is 0 Å². The summed E-state index contributed by atoms with van der Waals surface area (Å²) in [6.45, 7) is 4.19. The highest BCUT2D eigenvalue weighted by atomic mass is 16.3. The van der Waals surface area contributed by atoms with E-state index in [2.05, 4.69) is 10.6 Å².